The fourth-order valence-corrected chi connectivity index (χ4v) is 1.04. The summed E-state index contributed by atoms with van der Waals surface area (Å²) in [4.78, 5) is 44.5. The van der Waals surface area contributed by atoms with Gasteiger partial charge in [-0.1, -0.05) is 6.92 Å². The van der Waals surface area contributed by atoms with E-state index in [1.54, 1.807) is 5.32 Å². The van der Waals surface area contributed by atoms with E-state index in [4.69, 9.17) is 0 Å². The molecule has 0 aromatic heterocycles. The molecule has 0 unspecified atom stereocenters. The fourth-order valence-electron chi connectivity index (χ4n) is 1.04. The van der Waals surface area contributed by atoms with E-state index >= 15 is 0 Å². The van der Waals surface area contributed by atoms with Gasteiger partial charge in [0, 0.05) is 6.54 Å². The lowest BCUT2D eigenvalue weighted by Gasteiger charge is -2.10. The van der Waals surface area contributed by atoms with Crippen molar-refractivity contribution < 1.29 is 19.2 Å². The van der Waals surface area contributed by atoms with Crippen molar-refractivity contribution in [3.05, 3.63) is 0 Å². The summed E-state index contributed by atoms with van der Waals surface area (Å²) < 4.78 is 0. The van der Waals surface area contributed by atoms with Crippen molar-refractivity contribution in [2.45, 2.75) is 13.3 Å². The Hall–Kier alpha value is -1.92. The number of nitrogens with zero attached hydrogens (tertiary/aromatic N) is 1. The molecule has 0 aliphatic carbocycles. The van der Waals surface area contributed by atoms with Crippen molar-refractivity contribution in [3.8, 4) is 0 Å². The second-order valence-electron chi connectivity index (χ2n) is 3.00. The molecule has 15 heavy (non-hydrogen) atoms. The van der Waals surface area contributed by atoms with Crippen LogP contribution in [0.5, 0.6) is 0 Å². The third-order valence-electron chi connectivity index (χ3n) is 1.78. The first kappa shape index (κ1) is 11.2. The third-order valence-corrected chi connectivity index (χ3v) is 1.78. The first-order chi connectivity index (χ1) is 7.06. The Bertz CT molecular complexity index is 326. The molecule has 1 saturated heterocycles. The minimum atomic E-state index is -0.997. The van der Waals surface area contributed by atoms with Gasteiger partial charge < -0.3 is 5.32 Å². The van der Waals surface area contributed by atoms with Gasteiger partial charge in [0.1, 0.15) is 6.54 Å². The SMILES string of the molecule is CCCNC(=O)CN1C(=O)NC(=O)C1=O. The van der Waals surface area contributed by atoms with Crippen LogP contribution >= 0.6 is 0 Å². The van der Waals surface area contributed by atoms with Crippen LogP contribution in [0.3, 0.4) is 0 Å². The summed E-state index contributed by atoms with van der Waals surface area (Å²) in [6.45, 7) is 1.92. The molecule has 82 valence electrons. The Morgan fingerprint density at radius 3 is 2.53 bits per heavy atom. The van der Waals surface area contributed by atoms with E-state index in [1.807, 2.05) is 6.92 Å². The van der Waals surface area contributed by atoms with Gasteiger partial charge in [-0.2, -0.15) is 0 Å². The van der Waals surface area contributed by atoms with E-state index in [0.29, 0.717) is 11.4 Å². The van der Waals surface area contributed by atoms with Gasteiger partial charge in [-0.25, -0.2) is 9.69 Å². The summed E-state index contributed by atoms with van der Waals surface area (Å²) in [7, 11) is 0. The van der Waals surface area contributed by atoms with Crippen LogP contribution in [-0.2, 0) is 14.4 Å². The molecule has 2 N–H and O–H groups in total. The lowest BCUT2D eigenvalue weighted by atomic mass is 10.4. The quantitative estimate of drug-likeness (QED) is 0.443. The predicted molar refractivity (Wildman–Crippen MR) is 48.6 cm³/mol. The number of nitrogens with one attached hydrogen (secondary N) is 2. The van der Waals surface area contributed by atoms with E-state index in [0.717, 1.165) is 6.42 Å². The highest BCUT2D eigenvalue weighted by Crippen LogP contribution is 1.99. The maximum Gasteiger partial charge on any atom is 0.332 e. The number of carbonyl (C=O) groups is 4. The van der Waals surface area contributed by atoms with Gasteiger partial charge in [0.25, 0.3) is 0 Å². The molecule has 7 heteroatoms. The van der Waals surface area contributed by atoms with Crippen LogP contribution in [0.4, 0.5) is 4.79 Å². The maximum atomic E-state index is 11.2. The molecule has 1 rings (SSSR count). The van der Waals surface area contributed by atoms with Crippen LogP contribution in [-0.4, -0.2) is 41.7 Å². The predicted octanol–water partition coefficient (Wildman–Crippen LogP) is -1.41. The van der Waals surface area contributed by atoms with E-state index in [1.165, 1.54) is 0 Å². The topological polar surface area (TPSA) is 95.6 Å². The highest BCUT2D eigenvalue weighted by atomic mass is 16.2. The van der Waals surface area contributed by atoms with Crippen LogP contribution in [0.2, 0.25) is 0 Å². The summed E-state index contributed by atoms with van der Waals surface area (Å²) in [6.07, 6.45) is 0.755. The van der Waals surface area contributed by atoms with Gasteiger partial charge in [0.15, 0.2) is 0 Å². The number of carbonyl (C=O) groups excluding carboxylic acids is 4. The zero-order valence-corrected chi connectivity index (χ0v) is 8.20. The lowest BCUT2D eigenvalue weighted by Crippen LogP contribution is -2.41. The zero-order chi connectivity index (χ0) is 11.4. The molecule has 0 spiro atoms. The molecular formula is C8H11N3O4. The molecule has 1 aliphatic rings. The Labute approximate surface area is 85.8 Å². The van der Waals surface area contributed by atoms with Gasteiger partial charge in [-0.3, -0.25) is 19.7 Å². The summed E-state index contributed by atoms with van der Waals surface area (Å²) >= 11 is 0. The first-order valence-corrected chi connectivity index (χ1v) is 4.49. The fraction of sp³-hybridized carbons (Fsp3) is 0.500. The van der Waals surface area contributed by atoms with E-state index in [2.05, 4.69) is 5.32 Å². The van der Waals surface area contributed by atoms with Crippen molar-refractivity contribution in [2.75, 3.05) is 13.1 Å². The second-order valence-corrected chi connectivity index (χ2v) is 3.00. The summed E-state index contributed by atoms with van der Waals surface area (Å²) in [5, 5.41) is 4.29. The molecule has 0 saturated carbocycles. The number of imide groups is 2. The Morgan fingerprint density at radius 1 is 1.40 bits per heavy atom. The Morgan fingerprint density at radius 2 is 2.07 bits per heavy atom. The number of rotatable bonds is 4. The van der Waals surface area contributed by atoms with Gasteiger partial charge in [-0.15, -0.1) is 0 Å². The van der Waals surface area contributed by atoms with Gasteiger partial charge in [0.2, 0.25) is 5.91 Å². The van der Waals surface area contributed by atoms with Crippen LogP contribution in [0.1, 0.15) is 13.3 Å². The molecule has 0 atom stereocenters. The van der Waals surface area contributed by atoms with Crippen molar-refractivity contribution in [3.63, 3.8) is 0 Å². The Balaban J connectivity index is 2.51. The molecule has 1 heterocycles. The first-order valence-electron chi connectivity index (χ1n) is 4.49. The molecular weight excluding hydrogens is 202 g/mol. The summed E-state index contributed by atoms with van der Waals surface area (Å²) in [5.41, 5.74) is 0. The third kappa shape index (κ3) is 2.52. The van der Waals surface area contributed by atoms with E-state index in [-0.39, 0.29) is 0 Å². The van der Waals surface area contributed by atoms with Gasteiger partial charge in [-0.05, 0) is 6.42 Å². The minimum absolute atomic E-state index is 0.420. The molecule has 1 aliphatic heterocycles. The van der Waals surface area contributed by atoms with Crippen LogP contribution in [0.25, 0.3) is 0 Å². The van der Waals surface area contributed by atoms with Crippen molar-refractivity contribution in [2.24, 2.45) is 0 Å². The monoisotopic (exact) mass is 213 g/mol. The molecule has 5 amide bonds. The number of urea groups is 1. The minimum Gasteiger partial charge on any atom is -0.355 e. The largest absolute Gasteiger partial charge is 0.355 e. The van der Waals surface area contributed by atoms with Gasteiger partial charge >= 0.3 is 17.8 Å². The lowest BCUT2D eigenvalue weighted by molar-refractivity contribution is -0.141. The highest BCUT2D eigenvalue weighted by Gasteiger charge is 2.37. The zero-order valence-electron chi connectivity index (χ0n) is 8.20. The van der Waals surface area contributed by atoms with Crippen molar-refractivity contribution in [1.29, 1.82) is 0 Å². The molecule has 0 aromatic rings. The number of hydrogen-bond donors (Lipinski definition) is 2. The average Bonchev–Trinajstić information content (AvgIpc) is 2.42. The standard InChI is InChI=1S/C8H11N3O4/c1-2-3-9-5(12)4-11-7(14)6(13)10-8(11)15/h2-4H2,1H3,(H,9,12)(H,10,13,15). The van der Waals surface area contributed by atoms with Crippen LogP contribution in [0, 0.1) is 0 Å². The molecule has 7 nitrogen and oxygen atoms in total. The normalized spacial score (nSPS) is 15.5. The maximum absolute atomic E-state index is 11.2. The van der Waals surface area contributed by atoms with E-state index in [9.17, 15) is 19.2 Å². The molecule has 1 fully saturated rings. The van der Waals surface area contributed by atoms with Crippen LogP contribution < -0.4 is 10.6 Å². The molecule has 0 aromatic carbocycles. The Kier molecular flexibility index (Phi) is 3.37. The van der Waals surface area contributed by atoms with Gasteiger partial charge in [0.05, 0.1) is 0 Å². The summed E-state index contributed by atoms with van der Waals surface area (Å²) in [5.74, 6) is -2.45. The smallest absolute Gasteiger partial charge is 0.332 e. The van der Waals surface area contributed by atoms with E-state index < -0.39 is 30.3 Å². The number of amides is 5. The van der Waals surface area contributed by atoms with Crippen LogP contribution in [0.15, 0.2) is 0 Å². The second kappa shape index (κ2) is 4.54. The average molecular weight is 213 g/mol. The summed E-state index contributed by atoms with van der Waals surface area (Å²) in [6, 6.07) is -0.850. The number of hydrogen-bond acceptors (Lipinski definition) is 4. The van der Waals surface area contributed by atoms with Crippen molar-refractivity contribution >= 4 is 23.8 Å². The van der Waals surface area contributed by atoms with Crippen molar-refractivity contribution in [1.82, 2.24) is 15.5 Å². The molecule has 0 bridgehead atoms. The molecule has 0 radical (unpaired) electrons. The highest BCUT2D eigenvalue weighted by molar-refractivity contribution is 6.45.